The minimum Gasteiger partial charge on any atom is -0.387 e. The van der Waals surface area contributed by atoms with Gasteiger partial charge in [0.1, 0.15) is 11.6 Å². The van der Waals surface area contributed by atoms with E-state index in [1.807, 2.05) is 0 Å². The van der Waals surface area contributed by atoms with Crippen LogP contribution in [0.5, 0.6) is 0 Å². The molecule has 0 saturated carbocycles. The number of nitrogens with zero attached hydrogens (tertiary/aromatic N) is 1. The van der Waals surface area contributed by atoms with Gasteiger partial charge in [-0.25, -0.2) is 8.78 Å². The summed E-state index contributed by atoms with van der Waals surface area (Å²) < 4.78 is 26.6. The first-order chi connectivity index (χ1) is 8.47. The molecule has 0 aromatic heterocycles. The van der Waals surface area contributed by atoms with Gasteiger partial charge in [-0.1, -0.05) is 13.8 Å². The van der Waals surface area contributed by atoms with Crippen molar-refractivity contribution >= 4 is 0 Å². The van der Waals surface area contributed by atoms with Crippen LogP contribution in [-0.4, -0.2) is 29.6 Å². The predicted molar refractivity (Wildman–Crippen MR) is 66.1 cm³/mol. The summed E-state index contributed by atoms with van der Waals surface area (Å²) in [5.41, 5.74) is 0.0437. The molecule has 1 N–H and O–H groups in total. The Morgan fingerprint density at radius 3 is 2.50 bits per heavy atom. The molecule has 0 bridgehead atoms. The Morgan fingerprint density at radius 2 is 1.89 bits per heavy atom. The normalized spacial score (nSPS) is 26.5. The number of benzene rings is 1. The average Bonchev–Trinajstić information content (AvgIpc) is 2.61. The van der Waals surface area contributed by atoms with E-state index in [-0.39, 0.29) is 5.56 Å². The predicted octanol–water partition coefficient (Wildman–Crippen LogP) is 2.59. The Hall–Kier alpha value is -1.00. The van der Waals surface area contributed by atoms with Gasteiger partial charge >= 0.3 is 0 Å². The zero-order valence-corrected chi connectivity index (χ0v) is 10.7. The van der Waals surface area contributed by atoms with Crippen LogP contribution in [0, 0.1) is 23.5 Å². The smallest absolute Gasteiger partial charge is 0.129 e. The molecule has 3 atom stereocenters. The van der Waals surface area contributed by atoms with E-state index in [0.717, 1.165) is 31.3 Å². The first-order valence-corrected chi connectivity index (χ1v) is 6.32. The van der Waals surface area contributed by atoms with Crippen molar-refractivity contribution in [2.24, 2.45) is 11.8 Å². The van der Waals surface area contributed by atoms with Crippen molar-refractivity contribution in [2.45, 2.75) is 20.0 Å². The van der Waals surface area contributed by atoms with Gasteiger partial charge in [0.25, 0.3) is 0 Å². The third-order valence-electron chi connectivity index (χ3n) is 3.81. The Labute approximate surface area is 106 Å². The van der Waals surface area contributed by atoms with Crippen LogP contribution >= 0.6 is 0 Å². The van der Waals surface area contributed by atoms with E-state index < -0.39 is 17.7 Å². The molecular formula is C14H19F2NO. The van der Waals surface area contributed by atoms with E-state index in [2.05, 4.69) is 18.7 Å². The van der Waals surface area contributed by atoms with Crippen molar-refractivity contribution in [3.05, 3.63) is 35.4 Å². The van der Waals surface area contributed by atoms with E-state index in [4.69, 9.17) is 0 Å². The number of β-amino-alcohol motifs (C(OH)–C–C–N with tert-alkyl or cyclic N) is 1. The van der Waals surface area contributed by atoms with Crippen LogP contribution in [0.15, 0.2) is 18.2 Å². The molecule has 1 saturated heterocycles. The summed E-state index contributed by atoms with van der Waals surface area (Å²) in [5.74, 6) is 0.0851. The van der Waals surface area contributed by atoms with Crippen LogP contribution in [0.1, 0.15) is 25.5 Å². The van der Waals surface area contributed by atoms with Gasteiger partial charge in [0.2, 0.25) is 0 Å². The molecule has 0 radical (unpaired) electrons. The fourth-order valence-corrected chi connectivity index (χ4v) is 2.51. The number of hydrogen-bond acceptors (Lipinski definition) is 2. The zero-order chi connectivity index (χ0) is 13.3. The van der Waals surface area contributed by atoms with E-state index in [0.29, 0.717) is 18.4 Å². The van der Waals surface area contributed by atoms with Gasteiger partial charge < -0.3 is 5.11 Å². The van der Waals surface area contributed by atoms with Crippen molar-refractivity contribution in [2.75, 3.05) is 19.6 Å². The second-order valence-electron chi connectivity index (χ2n) is 5.35. The average molecular weight is 255 g/mol. The molecule has 1 fully saturated rings. The highest BCUT2D eigenvalue weighted by Gasteiger charge is 2.28. The second-order valence-corrected chi connectivity index (χ2v) is 5.35. The summed E-state index contributed by atoms with van der Waals surface area (Å²) in [6.07, 6.45) is -0.974. The van der Waals surface area contributed by atoms with Crippen molar-refractivity contribution in [3.8, 4) is 0 Å². The molecule has 2 nitrogen and oxygen atoms in total. The van der Waals surface area contributed by atoms with E-state index >= 15 is 0 Å². The monoisotopic (exact) mass is 255 g/mol. The lowest BCUT2D eigenvalue weighted by Crippen LogP contribution is -2.27. The molecule has 0 spiro atoms. The maximum Gasteiger partial charge on any atom is 0.129 e. The number of aliphatic hydroxyl groups excluding tert-OH is 1. The van der Waals surface area contributed by atoms with E-state index in [9.17, 15) is 13.9 Å². The third-order valence-corrected chi connectivity index (χ3v) is 3.81. The van der Waals surface area contributed by atoms with Gasteiger partial charge in [-0.2, -0.15) is 0 Å². The molecule has 1 aliphatic heterocycles. The molecule has 18 heavy (non-hydrogen) atoms. The molecule has 1 aliphatic rings. The molecule has 1 aromatic carbocycles. The molecule has 3 unspecified atom stereocenters. The SMILES string of the molecule is CC1CN(CC(O)c2cc(F)ccc2F)CC1C. The summed E-state index contributed by atoms with van der Waals surface area (Å²) in [5, 5.41) is 10.0. The summed E-state index contributed by atoms with van der Waals surface area (Å²) in [6, 6.07) is 3.19. The highest BCUT2D eigenvalue weighted by molar-refractivity contribution is 5.21. The van der Waals surface area contributed by atoms with E-state index in [1.165, 1.54) is 0 Å². The molecule has 1 aromatic rings. The molecular weight excluding hydrogens is 236 g/mol. The number of rotatable bonds is 3. The number of likely N-dealkylation sites (tertiary alicyclic amines) is 1. The van der Waals surface area contributed by atoms with Gasteiger partial charge in [0, 0.05) is 25.2 Å². The minimum atomic E-state index is -0.974. The summed E-state index contributed by atoms with van der Waals surface area (Å²) in [6.45, 7) is 6.49. The quantitative estimate of drug-likeness (QED) is 0.897. The van der Waals surface area contributed by atoms with Crippen LogP contribution in [0.25, 0.3) is 0 Å². The van der Waals surface area contributed by atoms with Crippen molar-refractivity contribution < 1.29 is 13.9 Å². The van der Waals surface area contributed by atoms with Crippen LogP contribution in [0.4, 0.5) is 8.78 Å². The maximum absolute atomic E-state index is 13.5. The molecule has 1 heterocycles. The van der Waals surface area contributed by atoms with E-state index in [1.54, 1.807) is 0 Å². The van der Waals surface area contributed by atoms with Crippen molar-refractivity contribution in [1.29, 1.82) is 0 Å². The largest absolute Gasteiger partial charge is 0.387 e. The zero-order valence-electron chi connectivity index (χ0n) is 10.7. The lowest BCUT2D eigenvalue weighted by molar-refractivity contribution is 0.120. The van der Waals surface area contributed by atoms with Crippen molar-refractivity contribution in [1.82, 2.24) is 4.90 Å². The molecule has 100 valence electrons. The maximum atomic E-state index is 13.5. The van der Waals surface area contributed by atoms with Crippen LogP contribution in [0.2, 0.25) is 0 Å². The lowest BCUT2D eigenvalue weighted by Gasteiger charge is -2.20. The van der Waals surface area contributed by atoms with Gasteiger partial charge in [-0.05, 0) is 30.0 Å². The molecule has 2 rings (SSSR count). The molecule has 0 amide bonds. The molecule has 0 aliphatic carbocycles. The third kappa shape index (κ3) is 2.87. The molecule has 4 heteroatoms. The highest BCUT2D eigenvalue weighted by atomic mass is 19.1. The Morgan fingerprint density at radius 1 is 1.28 bits per heavy atom. The highest BCUT2D eigenvalue weighted by Crippen LogP contribution is 2.25. The topological polar surface area (TPSA) is 23.5 Å². The Kier molecular flexibility index (Phi) is 3.97. The van der Waals surface area contributed by atoms with Gasteiger partial charge in [-0.3, -0.25) is 4.90 Å². The van der Waals surface area contributed by atoms with Gasteiger partial charge in [-0.15, -0.1) is 0 Å². The Balaban J connectivity index is 2.04. The van der Waals surface area contributed by atoms with Crippen LogP contribution in [0.3, 0.4) is 0 Å². The number of aliphatic hydroxyl groups is 1. The summed E-state index contributed by atoms with van der Waals surface area (Å²) in [4.78, 5) is 2.10. The first kappa shape index (κ1) is 13.4. The fraction of sp³-hybridized carbons (Fsp3) is 0.571. The van der Waals surface area contributed by atoms with Crippen LogP contribution < -0.4 is 0 Å². The standard InChI is InChI=1S/C14H19F2NO/c1-9-6-17(7-10(9)2)8-14(18)12-5-11(15)3-4-13(12)16/h3-5,9-10,14,18H,6-8H2,1-2H3. The van der Waals surface area contributed by atoms with Gasteiger partial charge in [0.15, 0.2) is 0 Å². The number of halogens is 2. The van der Waals surface area contributed by atoms with Crippen LogP contribution in [-0.2, 0) is 0 Å². The van der Waals surface area contributed by atoms with Gasteiger partial charge in [0.05, 0.1) is 6.10 Å². The van der Waals surface area contributed by atoms with Crippen molar-refractivity contribution in [3.63, 3.8) is 0 Å². The lowest BCUT2D eigenvalue weighted by atomic mass is 10.0. The summed E-state index contributed by atoms with van der Waals surface area (Å²) in [7, 11) is 0. The Bertz CT molecular complexity index is 414. The number of hydrogen-bond donors (Lipinski definition) is 1. The second kappa shape index (κ2) is 5.33. The minimum absolute atomic E-state index is 0.0437. The fourth-order valence-electron chi connectivity index (χ4n) is 2.51. The summed E-state index contributed by atoms with van der Waals surface area (Å²) >= 11 is 0. The first-order valence-electron chi connectivity index (χ1n) is 6.32.